The van der Waals surface area contributed by atoms with Crippen LogP contribution in [0.25, 0.3) is 0 Å². The van der Waals surface area contributed by atoms with E-state index in [0.29, 0.717) is 18.0 Å². The first-order valence-corrected chi connectivity index (χ1v) is 8.57. The number of rotatable bonds is 5. The van der Waals surface area contributed by atoms with Gasteiger partial charge in [-0.15, -0.1) is 0 Å². The highest BCUT2D eigenvalue weighted by Crippen LogP contribution is 2.25. The lowest BCUT2D eigenvalue weighted by atomic mass is 9.84. The Balaban J connectivity index is 1.48. The van der Waals surface area contributed by atoms with Crippen molar-refractivity contribution in [3.8, 4) is 0 Å². The topological polar surface area (TPSA) is 41.3 Å². The van der Waals surface area contributed by atoms with Crippen LogP contribution in [0, 0.1) is 5.92 Å². The maximum absolute atomic E-state index is 5.95. The van der Waals surface area contributed by atoms with Crippen molar-refractivity contribution in [3.05, 3.63) is 35.9 Å². The average Bonchev–Trinajstić information content (AvgIpc) is 2.96. The predicted octanol–water partition coefficient (Wildman–Crippen LogP) is 2.37. The average molecular weight is 287 g/mol. The van der Waals surface area contributed by atoms with Crippen molar-refractivity contribution in [1.82, 2.24) is 10.2 Å². The number of nitrogens with one attached hydrogen (secondary N) is 1. The molecule has 3 nitrogen and oxygen atoms in total. The van der Waals surface area contributed by atoms with E-state index in [4.69, 9.17) is 5.73 Å². The molecule has 2 fully saturated rings. The molecule has 21 heavy (non-hydrogen) atoms. The second-order valence-corrected chi connectivity index (χ2v) is 6.76. The maximum atomic E-state index is 5.95. The molecule has 0 radical (unpaired) electrons. The summed E-state index contributed by atoms with van der Waals surface area (Å²) in [7, 11) is 0. The quantitative estimate of drug-likeness (QED) is 0.873. The molecule has 0 aromatic heterocycles. The van der Waals surface area contributed by atoms with Crippen LogP contribution in [0.1, 0.15) is 37.7 Å². The van der Waals surface area contributed by atoms with E-state index in [9.17, 15) is 0 Å². The summed E-state index contributed by atoms with van der Waals surface area (Å²) in [4.78, 5) is 2.58. The largest absolute Gasteiger partial charge is 0.330 e. The minimum atomic E-state index is 0.658. The van der Waals surface area contributed by atoms with Crippen molar-refractivity contribution in [2.24, 2.45) is 11.7 Å². The summed E-state index contributed by atoms with van der Waals surface area (Å²) in [5.41, 5.74) is 7.37. The number of hydrogen-bond donors (Lipinski definition) is 2. The van der Waals surface area contributed by atoms with Crippen molar-refractivity contribution < 1.29 is 0 Å². The van der Waals surface area contributed by atoms with Gasteiger partial charge in [0.2, 0.25) is 0 Å². The molecule has 3 rings (SSSR count). The van der Waals surface area contributed by atoms with Crippen LogP contribution in [0.4, 0.5) is 0 Å². The van der Waals surface area contributed by atoms with Gasteiger partial charge in [-0.1, -0.05) is 43.2 Å². The molecule has 2 aliphatic rings. The van der Waals surface area contributed by atoms with Gasteiger partial charge in [0, 0.05) is 31.7 Å². The van der Waals surface area contributed by atoms with Crippen molar-refractivity contribution in [1.29, 1.82) is 0 Å². The molecule has 0 amide bonds. The van der Waals surface area contributed by atoms with E-state index in [0.717, 1.165) is 13.1 Å². The zero-order chi connectivity index (χ0) is 14.5. The third-order valence-corrected chi connectivity index (χ3v) is 5.18. The molecule has 3 unspecified atom stereocenters. The van der Waals surface area contributed by atoms with E-state index < -0.39 is 0 Å². The molecule has 0 bridgehead atoms. The zero-order valence-corrected chi connectivity index (χ0v) is 13.0. The molecule has 0 spiro atoms. The van der Waals surface area contributed by atoms with Gasteiger partial charge in [0.25, 0.3) is 0 Å². The summed E-state index contributed by atoms with van der Waals surface area (Å²) in [5, 5.41) is 3.91. The van der Waals surface area contributed by atoms with Gasteiger partial charge in [-0.25, -0.2) is 0 Å². The lowest BCUT2D eigenvalue weighted by Gasteiger charge is -2.33. The summed E-state index contributed by atoms with van der Waals surface area (Å²) in [6.45, 7) is 4.33. The molecule has 3 N–H and O–H groups in total. The molecular formula is C18H29N3. The van der Waals surface area contributed by atoms with E-state index >= 15 is 0 Å². The Kier molecular flexibility index (Phi) is 5.28. The molecule has 1 aliphatic heterocycles. The van der Waals surface area contributed by atoms with Crippen LogP contribution in [0.5, 0.6) is 0 Å². The molecular weight excluding hydrogens is 258 g/mol. The Labute approximate surface area is 128 Å². The van der Waals surface area contributed by atoms with Gasteiger partial charge in [0.05, 0.1) is 0 Å². The van der Waals surface area contributed by atoms with Gasteiger partial charge in [-0.05, 0) is 37.3 Å². The minimum absolute atomic E-state index is 0.658. The summed E-state index contributed by atoms with van der Waals surface area (Å²) in [6.07, 6.45) is 6.64. The van der Waals surface area contributed by atoms with Gasteiger partial charge >= 0.3 is 0 Å². The second kappa shape index (κ2) is 7.39. The fourth-order valence-corrected chi connectivity index (χ4v) is 3.97. The smallest absolute Gasteiger partial charge is 0.0234 e. The SMILES string of the molecule is NCC1CCCCC1NC1CCN(Cc2ccccc2)C1. The molecule has 1 aromatic rings. The molecule has 3 atom stereocenters. The molecule has 116 valence electrons. The molecule has 1 aromatic carbocycles. The van der Waals surface area contributed by atoms with Crippen molar-refractivity contribution >= 4 is 0 Å². The fourth-order valence-electron chi connectivity index (χ4n) is 3.97. The van der Waals surface area contributed by atoms with Crippen LogP contribution < -0.4 is 11.1 Å². The van der Waals surface area contributed by atoms with Crippen LogP contribution in [0.15, 0.2) is 30.3 Å². The Morgan fingerprint density at radius 1 is 1.10 bits per heavy atom. The van der Waals surface area contributed by atoms with Crippen LogP contribution in [-0.4, -0.2) is 36.6 Å². The summed E-state index contributed by atoms with van der Waals surface area (Å²) in [5.74, 6) is 0.696. The standard InChI is InChI=1S/C18H29N3/c19-12-16-8-4-5-9-18(16)20-17-10-11-21(14-17)13-15-6-2-1-3-7-15/h1-3,6-7,16-18,20H,4-5,8-14,19H2. The van der Waals surface area contributed by atoms with Crippen LogP contribution in [0.2, 0.25) is 0 Å². The first-order valence-electron chi connectivity index (χ1n) is 8.57. The zero-order valence-electron chi connectivity index (χ0n) is 13.0. The van der Waals surface area contributed by atoms with Crippen LogP contribution in [0.3, 0.4) is 0 Å². The summed E-state index contributed by atoms with van der Waals surface area (Å²) in [6, 6.07) is 12.1. The Hall–Kier alpha value is -0.900. The van der Waals surface area contributed by atoms with Crippen molar-refractivity contribution in [2.75, 3.05) is 19.6 Å². The molecule has 1 heterocycles. The third-order valence-electron chi connectivity index (χ3n) is 5.18. The summed E-state index contributed by atoms with van der Waals surface area (Å²) < 4.78 is 0. The number of benzene rings is 1. The second-order valence-electron chi connectivity index (χ2n) is 6.76. The van der Waals surface area contributed by atoms with E-state index in [1.54, 1.807) is 0 Å². The van der Waals surface area contributed by atoms with Crippen LogP contribution >= 0.6 is 0 Å². The first-order chi connectivity index (χ1) is 10.3. The molecule has 1 aliphatic carbocycles. The summed E-state index contributed by atoms with van der Waals surface area (Å²) >= 11 is 0. The first kappa shape index (κ1) is 15.0. The molecule has 3 heteroatoms. The molecule has 1 saturated heterocycles. The van der Waals surface area contributed by atoms with E-state index in [1.807, 2.05) is 0 Å². The Morgan fingerprint density at radius 2 is 1.90 bits per heavy atom. The van der Waals surface area contributed by atoms with Gasteiger partial charge in [-0.2, -0.15) is 0 Å². The highest BCUT2D eigenvalue weighted by atomic mass is 15.2. The van der Waals surface area contributed by atoms with Crippen molar-refractivity contribution in [3.63, 3.8) is 0 Å². The Bertz CT molecular complexity index is 420. The van der Waals surface area contributed by atoms with Gasteiger partial charge in [0.1, 0.15) is 0 Å². The lowest BCUT2D eigenvalue weighted by Crippen LogP contribution is -2.47. The maximum Gasteiger partial charge on any atom is 0.0234 e. The number of hydrogen-bond acceptors (Lipinski definition) is 3. The molecule has 1 saturated carbocycles. The fraction of sp³-hybridized carbons (Fsp3) is 0.667. The number of nitrogens with zero attached hydrogens (tertiary/aromatic N) is 1. The predicted molar refractivity (Wildman–Crippen MR) is 88.1 cm³/mol. The van der Waals surface area contributed by atoms with Gasteiger partial charge in [-0.3, -0.25) is 4.90 Å². The highest BCUT2D eigenvalue weighted by Gasteiger charge is 2.29. The normalized spacial score (nSPS) is 30.6. The van der Waals surface area contributed by atoms with E-state index in [-0.39, 0.29) is 0 Å². The number of nitrogens with two attached hydrogens (primary N) is 1. The van der Waals surface area contributed by atoms with E-state index in [1.165, 1.54) is 50.8 Å². The number of likely N-dealkylation sites (tertiary alicyclic amines) is 1. The Morgan fingerprint density at radius 3 is 2.71 bits per heavy atom. The lowest BCUT2D eigenvalue weighted by molar-refractivity contribution is 0.241. The van der Waals surface area contributed by atoms with Crippen molar-refractivity contribution in [2.45, 2.75) is 50.7 Å². The van der Waals surface area contributed by atoms with E-state index in [2.05, 4.69) is 40.5 Å². The van der Waals surface area contributed by atoms with Crippen LogP contribution in [-0.2, 0) is 6.54 Å². The minimum Gasteiger partial charge on any atom is -0.330 e. The highest BCUT2D eigenvalue weighted by molar-refractivity contribution is 5.14. The van der Waals surface area contributed by atoms with Gasteiger partial charge < -0.3 is 11.1 Å². The monoisotopic (exact) mass is 287 g/mol. The van der Waals surface area contributed by atoms with Gasteiger partial charge in [0.15, 0.2) is 0 Å². The third kappa shape index (κ3) is 4.06.